The second-order valence-electron chi connectivity index (χ2n) is 6.27. The molecule has 0 aliphatic heterocycles. The van der Waals surface area contributed by atoms with Crippen molar-refractivity contribution in [2.24, 2.45) is 0 Å². The first-order chi connectivity index (χ1) is 12.8. The van der Waals surface area contributed by atoms with Crippen LogP contribution in [0, 0.1) is 6.92 Å². The lowest BCUT2D eigenvalue weighted by atomic mass is 10.1. The molecule has 3 aromatic rings. The van der Waals surface area contributed by atoms with Crippen molar-refractivity contribution >= 4 is 0 Å². The second kappa shape index (κ2) is 9.07. The van der Waals surface area contributed by atoms with Crippen LogP contribution in [0.15, 0.2) is 72.8 Å². The first-order valence-electron chi connectivity index (χ1n) is 8.85. The van der Waals surface area contributed by atoms with E-state index in [2.05, 4.69) is 48.6 Å². The molecule has 134 valence electrons. The zero-order valence-electron chi connectivity index (χ0n) is 15.4. The summed E-state index contributed by atoms with van der Waals surface area (Å²) in [6.07, 6.45) is 0. The Morgan fingerprint density at radius 2 is 1.46 bits per heavy atom. The summed E-state index contributed by atoms with van der Waals surface area (Å²) in [7, 11) is 1.68. The molecule has 0 fully saturated rings. The summed E-state index contributed by atoms with van der Waals surface area (Å²) < 4.78 is 11.3. The molecule has 0 saturated carbocycles. The minimum absolute atomic E-state index is 0.585. The molecule has 26 heavy (non-hydrogen) atoms. The highest BCUT2D eigenvalue weighted by atomic mass is 16.5. The molecule has 0 unspecified atom stereocenters. The Hall–Kier alpha value is -2.78. The largest absolute Gasteiger partial charge is 0.497 e. The first-order valence-corrected chi connectivity index (χ1v) is 8.85. The Morgan fingerprint density at radius 1 is 0.769 bits per heavy atom. The van der Waals surface area contributed by atoms with Gasteiger partial charge in [-0.3, -0.25) is 0 Å². The minimum Gasteiger partial charge on any atom is -0.497 e. The summed E-state index contributed by atoms with van der Waals surface area (Å²) in [6.45, 7) is 4.26. The molecule has 0 aliphatic carbocycles. The summed E-state index contributed by atoms with van der Waals surface area (Å²) in [4.78, 5) is 0. The summed E-state index contributed by atoms with van der Waals surface area (Å²) >= 11 is 0. The summed E-state index contributed by atoms with van der Waals surface area (Å²) in [5, 5.41) is 3.48. The van der Waals surface area contributed by atoms with Gasteiger partial charge >= 0.3 is 0 Å². The molecular formula is C23H25NO2. The van der Waals surface area contributed by atoms with Crippen LogP contribution in [0.3, 0.4) is 0 Å². The predicted octanol–water partition coefficient (Wildman–Crippen LogP) is 4.87. The van der Waals surface area contributed by atoms with Crippen LogP contribution in [-0.2, 0) is 19.7 Å². The smallest absolute Gasteiger partial charge is 0.124 e. The van der Waals surface area contributed by atoms with Gasteiger partial charge in [-0.25, -0.2) is 0 Å². The van der Waals surface area contributed by atoms with Crippen LogP contribution in [-0.4, -0.2) is 7.11 Å². The fourth-order valence-electron chi connectivity index (χ4n) is 2.80. The Kier molecular flexibility index (Phi) is 6.29. The number of hydrogen-bond donors (Lipinski definition) is 1. The lowest BCUT2D eigenvalue weighted by Gasteiger charge is -2.13. The normalized spacial score (nSPS) is 10.5. The number of para-hydroxylation sites is 1. The van der Waals surface area contributed by atoms with E-state index in [1.807, 2.05) is 36.4 Å². The van der Waals surface area contributed by atoms with Crippen molar-refractivity contribution in [2.45, 2.75) is 26.6 Å². The third kappa shape index (κ3) is 4.87. The molecule has 0 aromatic heterocycles. The van der Waals surface area contributed by atoms with Crippen molar-refractivity contribution in [1.82, 2.24) is 5.32 Å². The van der Waals surface area contributed by atoms with E-state index in [4.69, 9.17) is 9.47 Å². The van der Waals surface area contributed by atoms with Crippen LogP contribution < -0.4 is 14.8 Å². The third-order valence-corrected chi connectivity index (χ3v) is 4.42. The Labute approximate surface area is 155 Å². The average Bonchev–Trinajstić information content (AvgIpc) is 2.69. The van der Waals surface area contributed by atoms with E-state index < -0.39 is 0 Å². The van der Waals surface area contributed by atoms with E-state index >= 15 is 0 Å². The maximum absolute atomic E-state index is 6.08. The van der Waals surface area contributed by atoms with E-state index in [1.54, 1.807) is 7.11 Å². The van der Waals surface area contributed by atoms with Gasteiger partial charge in [0.15, 0.2) is 0 Å². The van der Waals surface area contributed by atoms with Crippen molar-refractivity contribution in [3.63, 3.8) is 0 Å². The van der Waals surface area contributed by atoms with Crippen molar-refractivity contribution in [1.29, 1.82) is 0 Å². The Balaban J connectivity index is 1.57. The van der Waals surface area contributed by atoms with Crippen molar-refractivity contribution in [2.75, 3.05) is 7.11 Å². The van der Waals surface area contributed by atoms with Gasteiger partial charge in [0.05, 0.1) is 7.11 Å². The number of aryl methyl sites for hydroxylation is 1. The zero-order valence-corrected chi connectivity index (χ0v) is 15.4. The maximum Gasteiger partial charge on any atom is 0.124 e. The average molecular weight is 347 g/mol. The number of ether oxygens (including phenoxy) is 2. The van der Waals surface area contributed by atoms with E-state index in [9.17, 15) is 0 Å². The highest BCUT2D eigenvalue weighted by Crippen LogP contribution is 2.20. The molecule has 0 spiro atoms. The molecule has 3 aromatic carbocycles. The monoisotopic (exact) mass is 347 g/mol. The van der Waals surface area contributed by atoms with Crippen LogP contribution in [0.25, 0.3) is 0 Å². The van der Waals surface area contributed by atoms with Crippen LogP contribution in [0.4, 0.5) is 0 Å². The van der Waals surface area contributed by atoms with Gasteiger partial charge in [0.1, 0.15) is 18.1 Å². The number of hydrogen-bond acceptors (Lipinski definition) is 3. The van der Waals surface area contributed by atoms with Crippen LogP contribution in [0.1, 0.15) is 22.3 Å². The van der Waals surface area contributed by atoms with E-state index in [1.165, 1.54) is 16.7 Å². The molecule has 1 N–H and O–H groups in total. The van der Waals surface area contributed by atoms with Gasteiger partial charge in [0, 0.05) is 18.7 Å². The molecule has 0 saturated heterocycles. The standard InChI is InChI=1S/C23H25NO2/c1-18-7-3-4-9-21(18)17-26-23-10-6-5-8-20(23)16-24-15-19-11-13-22(25-2)14-12-19/h3-14,24H,15-17H2,1-2H3. The number of benzene rings is 3. The fourth-order valence-corrected chi connectivity index (χ4v) is 2.80. The number of nitrogens with one attached hydrogen (secondary N) is 1. The molecule has 3 rings (SSSR count). The van der Waals surface area contributed by atoms with Gasteiger partial charge in [-0.2, -0.15) is 0 Å². The number of methoxy groups -OCH3 is 1. The van der Waals surface area contributed by atoms with Crippen LogP contribution >= 0.6 is 0 Å². The fraction of sp³-hybridized carbons (Fsp3) is 0.217. The van der Waals surface area contributed by atoms with Crippen LogP contribution in [0.2, 0.25) is 0 Å². The highest BCUT2D eigenvalue weighted by molar-refractivity contribution is 5.34. The molecule has 3 heteroatoms. The summed E-state index contributed by atoms with van der Waals surface area (Å²) in [5.41, 5.74) is 4.86. The van der Waals surface area contributed by atoms with E-state index in [0.717, 1.165) is 30.2 Å². The predicted molar refractivity (Wildman–Crippen MR) is 105 cm³/mol. The van der Waals surface area contributed by atoms with Gasteiger partial charge < -0.3 is 14.8 Å². The molecule has 0 aliphatic rings. The quantitative estimate of drug-likeness (QED) is 0.630. The van der Waals surface area contributed by atoms with Crippen LogP contribution in [0.5, 0.6) is 11.5 Å². The maximum atomic E-state index is 6.08. The molecule has 0 radical (unpaired) electrons. The molecule has 0 heterocycles. The lowest BCUT2D eigenvalue weighted by molar-refractivity contribution is 0.301. The van der Waals surface area contributed by atoms with Crippen molar-refractivity contribution in [3.8, 4) is 11.5 Å². The SMILES string of the molecule is COc1ccc(CNCc2ccccc2OCc2ccccc2C)cc1. The third-order valence-electron chi connectivity index (χ3n) is 4.42. The second-order valence-corrected chi connectivity index (χ2v) is 6.27. The van der Waals surface area contributed by atoms with Gasteiger partial charge in [0.2, 0.25) is 0 Å². The lowest BCUT2D eigenvalue weighted by Crippen LogP contribution is -2.13. The summed E-state index contributed by atoms with van der Waals surface area (Å²) in [6, 6.07) is 24.6. The van der Waals surface area contributed by atoms with Crippen molar-refractivity contribution < 1.29 is 9.47 Å². The molecule has 0 amide bonds. The highest BCUT2D eigenvalue weighted by Gasteiger charge is 2.05. The Morgan fingerprint density at radius 3 is 2.19 bits per heavy atom. The molecule has 0 atom stereocenters. The summed E-state index contributed by atoms with van der Waals surface area (Å²) in [5.74, 6) is 1.81. The zero-order chi connectivity index (χ0) is 18.2. The van der Waals surface area contributed by atoms with E-state index in [0.29, 0.717) is 6.61 Å². The Bertz CT molecular complexity index is 828. The number of rotatable bonds is 8. The first kappa shape index (κ1) is 18.0. The topological polar surface area (TPSA) is 30.5 Å². The molecule has 3 nitrogen and oxygen atoms in total. The van der Waals surface area contributed by atoms with Gasteiger partial charge in [-0.15, -0.1) is 0 Å². The van der Waals surface area contributed by atoms with Gasteiger partial charge in [-0.05, 0) is 41.8 Å². The van der Waals surface area contributed by atoms with Gasteiger partial charge in [0.25, 0.3) is 0 Å². The van der Waals surface area contributed by atoms with Crippen molar-refractivity contribution in [3.05, 3.63) is 95.1 Å². The molecular weight excluding hydrogens is 322 g/mol. The minimum atomic E-state index is 0.585. The molecule has 0 bridgehead atoms. The van der Waals surface area contributed by atoms with Gasteiger partial charge in [-0.1, -0.05) is 54.6 Å². The van der Waals surface area contributed by atoms with E-state index in [-0.39, 0.29) is 0 Å².